The molecule has 0 radical (unpaired) electrons. The Morgan fingerprint density at radius 3 is 2.58 bits per heavy atom. The minimum Gasteiger partial charge on any atom is -0.480 e. The van der Waals surface area contributed by atoms with Crippen molar-refractivity contribution in [2.75, 3.05) is 0 Å². The number of hydrogen-bond acceptors (Lipinski definition) is 2. The molecule has 0 fully saturated rings. The summed E-state index contributed by atoms with van der Waals surface area (Å²) in [5.41, 5.74) is 2.11. The average Bonchev–Trinajstić information content (AvgIpc) is 2.98. The topological polar surface area (TPSA) is 59.3 Å². The van der Waals surface area contributed by atoms with E-state index in [4.69, 9.17) is 5.11 Å². The van der Waals surface area contributed by atoms with Gasteiger partial charge in [-0.25, -0.2) is 4.79 Å². The number of carboxylic acids is 1. The number of rotatable bonds is 3. The minimum atomic E-state index is -0.840. The van der Waals surface area contributed by atoms with Gasteiger partial charge in [0, 0.05) is 23.0 Å². The van der Waals surface area contributed by atoms with Gasteiger partial charge in [-0.2, -0.15) is 0 Å². The van der Waals surface area contributed by atoms with Crippen LogP contribution in [0.4, 0.5) is 0 Å². The van der Waals surface area contributed by atoms with Crippen LogP contribution in [0, 0.1) is 0 Å². The van der Waals surface area contributed by atoms with Gasteiger partial charge in [-0.3, -0.25) is 4.79 Å². The van der Waals surface area contributed by atoms with Crippen LogP contribution in [0.25, 0.3) is 0 Å². The molecule has 1 atom stereocenters. The zero-order valence-corrected chi connectivity index (χ0v) is 10.2. The molecular weight excluding hydrogens is 242 g/mol. The number of aliphatic carboxylic acids is 1. The highest BCUT2D eigenvalue weighted by atomic mass is 16.4. The summed E-state index contributed by atoms with van der Waals surface area (Å²) < 4.78 is 1.71. The van der Waals surface area contributed by atoms with E-state index in [-0.39, 0.29) is 5.78 Å². The van der Waals surface area contributed by atoms with Crippen LogP contribution in [0.3, 0.4) is 0 Å². The number of ketones is 1. The van der Waals surface area contributed by atoms with Gasteiger partial charge >= 0.3 is 5.97 Å². The third-order valence-corrected chi connectivity index (χ3v) is 3.52. The van der Waals surface area contributed by atoms with E-state index in [2.05, 4.69) is 0 Å². The first kappa shape index (κ1) is 11.7. The minimum absolute atomic E-state index is 0.0633. The molecule has 1 aliphatic rings. The van der Waals surface area contributed by atoms with E-state index in [1.807, 2.05) is 18.2 Å². The van der Waals surface area contributed by atoms with E-state index in [1.165, 1.54) is 0 Å². The van der Waals surface area contributed by atoms with Gasteiger partial charge in [-0.05, 0) is 18.9 Å². The first-order chi connectivity index (χ1) is 9.16. The Morgan fingerprint density at radius 2 is 1.89 bits per heavy atom. The lowest BCUT2D eigenvalue weighted by molar-refractivity contribution is -0.140. The maximum atomic E-state index is 12.3. The number of aryl methyl sites for hydroxylation is 1. The lowest BCUT2D eigenvalue weighted by atomic mass is 10.1. The molecular formula is C15H13NO3. The fraction of sp³-hybridized carbons (Fsp3) is 0.200. The lowest BCUT2D eigenvalue weighted by Crippen LogP contribution is -2.14. The Kier molecular flexibility index (Phi) is 2.71. The normalized spacial score (nSPS) is 17.2. The number of carbonyl (C=O) groups excluding carboxylic acids is 1. The number of aromatic nitrogens is 1. The van der Waals surface area contributed by atoms with E-state index in [0.29, 0.717) is 24.0 Å². The second-order valence-corrected chi connectivity index (χ2v) is 4.72. The van der Waals surface area contributed by atoms with Crippen molar-refractivity contribution in [2.24, 2.45) is 0 Å². The standard InChI is InChI=1S/C15H13NO3/c17-14(10-4-2-1-3-5-10)11-8-12-6-7-13(15(18)19)16(12)9-11/h1-5,8-9,13H,6-7H2,(H,18,19). The summed E-state index contributed by atoms with van der Waals surface area (Å²) in [7, 11) is 0. The van der Waals surface area contributed by atoms with Gasteiger partial charge in [0.15, 0.2) is 5.78 Å². The molecule has 1 N–H and O–H groups in total. The smallest absolute Gasteiger partial charge is 0.326 e. The van der Waals surface area contributed by atoms with Gasteiger partial charge in [-0.1, -0.05) is 30.3 Å². The van der Waals surface area contributed by atoms with Gasteiger partial charge < -0.3 is 9.67 Å². The molecule has 0 saturated carbocycles. The van der Waals surface area contributed by atoms with Crippen molar-refractivity contribution in [1.29, 1.82) is 0 Å². The van der Waals surface area contributed by atoms with Crippen LogP contribution in [0.2, 0.25) is 0 Å². The van der Waals surface area contributed by atoms with Gasteiger partial charge in [0.2, 0.25) is 0 Å². The Morgan fingerprint density at radius 1 is 1.16 bits per heavy atom. The van der Waals surface area contributed by atoms with Crippen LogP contribution in [-0.4, -0.2) is 21.4 Å². The molecule has 4 nitrogen and oxygen atoms in total. The molecule has 3 rings (SSSR count). The van der Waals surface area contributed by atoms with Crippen molar-refractivity contribution >= 4 is 11.8 Å². The number of carbonyl (C=O) groups is 2. The maximum Gasteiger partial charge on any atom is 0.326 e. The predicted molar refractivity (Wildman–Crippen MR) is 69.3 cm³/mol. The van der Waals surface area contributed by atoms with Crippen LogP contribution in [0.5, 0.6) is 0 Å². The van der Waals surface area contributed by atoms with Gasteiger partial charge in [0.1, 0.15) is 6.04 Å². The largest absolute Gasteiger partial charge is 0.480 e. The number of nitrogens with zero attached hydrogens (tertiary/aromatic N) is 1. The molecule has 0 amide bonds. The molecule has 1 aliphatic heterocycles. The third kappa shape index (κ3) is 1.95. The summed E-state index contributed by atoms with van der Waals surface area (Å²) in [6, 6.07) is 10.3. The fourth-order valence-corrected chi connectivity index (χ4v) is 2.56. The summed E-state index contributed by atoms with van der Waals surface area (Å²) in [6.45, 7) is 0. The van der Waals surface area contributed by atoms with Crippen molar-refractivity contribution in [3.05, 3.63) is 59.4 Å². The van der Waals surface area contributed by atoms with Crippen LogP contribution in [0.1, 0.15) is 34.1 Å². The van der Waals surface area contributed by atoms with Gasteiger partial charge in [0.25, 0.3) is 0 Å². The Balaban J connectivity index is 1.95. The number of carboxylic acid groups (broad SMARTS) is 1. The quantitative estimate of drug-likeness (QED) is 0.856. The van der Waals surface area contributed by atoms with Crippen LogP contribution < -0.4 is 0 Å². The van der Waals surface area contributed by atoms with E-state index >= 15 is 0 Å². The number of benzene rings is 1. The van der Waals surface area contributed by atoms with Crippen LogP contribution in [0.15, 0.2) is 42.6 Å². The van der Waals surface area contributed by atoms with Gasteiger partial charge in [0.05, 0.1) is 0 Å². The summed E-state index contributed by atoms with van der Waals surface area (Å²) in [5.74, 6) is -0.903. The fourth-order valence-electron chi connectivity index (χ4n) is 2.56. The van der Waals surface area contributed by atoms with E-state index in [0.717, 1.165) is 5.69 Å². The second-order valence-electron chi connectivity index (χ2n) is 4.72. The Labute approximate surface area is 110 Å². The molecule has 2 heterocycles. The van der Waals surface area contributed by atoms with Crippen molar-refractivity contribution in [3.8, 4) is 0 Å². The summed E-state index contributed by atoms with van der Waals surface area (Å²) >= 11 is 0. The van der Waals surface area contributed by atoms with Gasteiger partial charge in [-0.15, -0.1) is 0 Å². The first-order valence-electron chi connectivity index (χ1n) is 6.20. The van der Waals surface area contributed by atoms with Crippen molar-refractivity contribution in [2.45, 2.75) is 18.9 Å². The highest BCUT2D eigenvalue weighted by Crippen LogP contribution is 2.28. The molecule has 2 aromatic rings. The lowest BCUT2D eigenvalue weighted by Gasteiger charge is -2.06. The van der Waals surface area contributed by atoms with E-state index < -0.39 is 12.0 Å². The summed E-state index contributed by atoms with van der Waals surface area (Å²) in [6.07, 6.45) is 2.97. The molecule has 0 saturated heterocycles. The predicted octanol–water partition coefficient (Wildman–Crippen LogP) is 2.29. The molecule has 0 spiro atoms. The second kappa shape index (κ2) is 4.39. The zero-order valence-electron chi connectivity index (χ0n) is 10.2. The van der Waals surface area contributed by atoms with E-state index in [1.54, 1.807) is 29.0 Å². The third-order valence-electron chi connectivity index (χ3n) is 3.52. The van der Waals surface area contributed by atoms with Crippen molar-refractivity contribution in [3.63, 3.8) is 0 Å². The maximum absolute atomic E-state index is 12.3. The number of hydrogen-bond donors (Lipinski definition) is 1. The molecule has 1 unspecified atom stereocenters. The average molecular weight is 255 g/mol. The van der Waals surface area contributed by atoms with Crippen molar-refractivity contribution < 1.29 is 14.7 Å². The first-order valence-corrected chi connectivity index (χ1v) is 6.20. The molecule has 0 bridgehead atoms. The molecule has 19 heavy (non-hydrogen) atoms. The molecule has 1 aromatic carbocycles. The Hall–Kier alpha value is -2.36. The molecule has 1 aromatic heterocycles. The summed E-state index contributed by atoms with van der Waals surface area (Å²) in [4.78, 5) is 23.4. The molecule has 0 aliphatic carbocycles. The highest BCUT2D eigenvalue weighted by Gasteiger charge is 2.29. The highest BCUT2D eigenvalue weighted by molar-refractivity contribution is 6.09. The molecule has 96 valence electrons. The Bertz CT molecular complexity index is 643. The monoisotopic (exact) mass is 255 g/mol. The SMILES string of the molecule is O=C(c1ccccc1)c1cc2n(c1)C(C(=O)O)CC2. The van der Waals surface area contributed by atoms with Crippen molar-refractivity contribution in [1.82, 2.24) is 4.57 Å². The van der Waals surface area contributed by atoms with E-state index in [9.17, 15) is 9.59 Å². The molecule has 4 heteroatoms. The summed E-state index contributed by atoms with van der Waals surface area (Å²) in [5, 5.41) is 9.12. The van der Waals surface area contributed by atoms with Crippen LogP contribution in [-0.2, 0) is 11.2 Å². The number of fused-ring (bicyclic) bond motifs is 1. The zero-order chi connectivity index (χ0) is 13.4. The van der Waals surface area contributed by atoms with Crippen LogP contribution >= 0.6 is 0 Å².